The summed E-state index contributed by atoms with van der Waals surface area (Å²) in [4.78, 5) is 4.69. The summed E-state index contributed by atoms with van der Waals surface area (Å²) in [5.74, 6) is 2.16. The molecular weight excluding hydrogens is 618 g/mol. The second kappa shape index (κ2) is 12.8. The van der Waals surface area contributed by atoms with Crippen LogP contribution in [-0.4, -0.2) is 17.7 Å². The van der Waals surface area contributed by atoms with Gasteiger partial charge in [0.05, 0.1) is 50.6 Å². The zero-order chi connectivity index (χ0) is 30.1. The monoisotopic (exact) mass is 649 g/mol. The Kier molecular flexibility index (Phi) is 8.93. The number of aryl methyl sites for hydroxylation is 3. The van der Waals surface area contributed by atoms with Gasteiger partial charge in [-0.1, -0.05) is 107 Å². The van der Waals surface area contributed by atoms with Gasteiger partial charge in [0.15, 0.2) is 11.0 Å². The number of aromatic nitrogens is 2. The minimum absolute atomic E-state index is 0.548. The molecule has 0 fully saturated rings. The topological polar surface area (TPSA) is 15.3 Å². The maximum atomic E-state index is 6.60. The van der Waals surface area contributed by atoms with Gasteiger partial charge in [-0.25, -0.2) is 9.13 Å². The molecule has 4 nitrogen and oxygen atoms in total. The fourth-order valence-electron chi connectivity index (χ4n) is 6.03. The number of benzene rings is 4. The van der Waals surface area contributed by atoms with Crippen LogP contribution in [-0.2, 0) is 25.9 Å². The molecule has 0 amide bonds. The van der Waals surface area contributed by atoms with Gasteiger partial charge in [0.1, 0.15) is 5.82 Å². The van der Waals surface area contributed by atoms with Gasteiger partial charge >= 0.3 is 0 Å². The summed E-state index contributed by atoms with van der Waals surface area (Å²) in [7, 11) is 0. The second-order valence-corrected chi connectivity index (χ2v) is 12.3. The van der Waals surface area contributed by atoms with E-state index in [1.54, 1.807) is 0 Å². The molecule has 0 radical (unpaired) electrons. The molecule has 2 heterocycles. The molecule has 4 aromatic carbocycles. The summed E-state index contributed by atoms with van der Waals surface area (Å²) >= 11 is 26.3. The molecule has 0 aliphatic carbocycles. The molecular formula is C35H33Cl4N4+. The van der Waals surface area contributed by atoms with Crippen LogP contribution in [0, 0.1) is 0 Å². The lowest BCUT2D eigenvalue weighted by Gasteiger charge is -2.24. The van der Waals surface area contributed by atoms with Crippen molar-refractivity contribution in [3.63, 3.8) is 0 Å². The lowest BCUT2D eigenvalue weighted by molar-refractivity contribution is -0.673. The maximum absolute atomic E-state index is 6.60. The smallest absolute Gasteiger partial charge is 0.286 e. The molecule has 0 saturated carbocycles. The lowest BCUT2D eigenvalue weighted by Crippen LogP contribution is -2.39. The van der Waals surface area contributed by atoms with E-state index in [9.17, 15) is 0 Å². The van der Waals surface area contributed by atoms with E-state index in [0.717, 1.165) is 73.1 Å². The van der Waals surface area contributed by atoms with Crippen molar-refractivity contribution in [3.8, 4) is 0 Å². The first-order chi connectivity index (χ1) is 20.9. The zero-order valence-corrected chi connectivity index (χ0v) is 27.2. The number of fused-ring (bicyclic) bond motifs is 2. The summed E-state index contributed by atoms with van der Waals surface area (Å²) in [5.41, 5.74) is 6.78. The van der Waals surface area contributed by atoms with Crippen LogP contribution >= 0.6 is 46.4 Å². The van der Waals surface area contributed by atoms with E-state index in [-0.39, 0.29) is 0 Å². The minimum Gasteiger partial charge on any atom is -0.326 e. The Labute approximate surface area is 273 Å². The van der Waals surface area contributed by atoms with Crippen molar-refractivity contribution in [2.24, 2.45) is 0 Å². The molecule has 1 aliphatic heterocycles. The Morgan fingerprint density at radius 1 is 0.651 bits per heavy atom. The minimum atomic E-state index is 0.548. The highest BCUT2D eigenvalue weighted by Gasteiger charge is 2.34. The van der Waals surface area contributed by atoms with Gasteiger partial charge in [-0.05, 0) is 43.5 Å². The Balaban J connectivity index is 1.53. The normalized spacial score (nSPS) is 13.9. The molecule has 1 aromatic heterocycles. The van der Waals surface area contributed by atoms with Crippen molar-refractivity contribution in [2.45, 2.75) is 39.8 Å². The number of nitrogens with zero attached hydrogens (tertiary/aromatic N) is 4. The third-order valence-corrected chi connectivity index (χ3v) is 9.57. The molecule has 0 saturated heterocycles. The summed E-state index contributed by atoms with van der Waals surface area (Å²) in [5, 5.41) is 2.20. The van der Waals surface area contributed by atoms with Crippen LogP contribution in [0.1, 0.15) is 30.8 Å². The summed E-state index contributed by atoms with van der Waals surface area (Å²) in [6.45, 7) is 7.44. The van der Waals surface area contributed by atoms with Gasteiger partial charge in [0.2, 0.25) is 0 Å². The van der Waals surface area contributed by atoms with Crippen molar-refractivity contribution < 1.29 is 4.57 Å². The number of hydrogen-bond acceptors (Lipinski definition) is 2. The van der Waals surface area contributed by atoms with E-state index in [0.29, 0.717) is 20.1 Å². The van der Waals surface area contributed by atoms with Crippen molar-refractivity contribution in [3.05, 3.63) is 128 Å². The molecule has 5 aromatic rings. The van der Waals surface area contributed by atoms with Crippen LogP contribution < -0.4 is 14.4 Å². The molecule has 0 spiro atoms. The predicted molar refractivity (Wildman–Crippen MR) is 183 cm³/mol. The average Bonchev–Trinajstić information content (AvgIpc) is 3.45. The highest BCUT2D eigenvalue weighted by atomic mass is 35.5. The van der Waals surface area contributed by atoms with Crippen LogP contribution in [0.5, 0.6) is 0 Å². The van der Waals surface area contributed by atoms with Crippen molar-refractivity contribution >= 4 is 74.9 Å². The largest absolute Gasteiger partial charge is 0.326 e. The molecule has 43 heavy (non-hydrogen) atoms. The van der Waals surface area contributed by atoms with Crippen molar-refractivity contribution in [1.82, 2.24) is 4.57 Å². The van der Waals surface area contributed by atoms with Crippen LogP contribution in [0.2, 0.25) is 20.1 Å². The Hall–Kier alpha value is -3.15. The standard InChI is InChI=1S/C35H33Cl4N4/c1-3-40-30-19-26(36)28(38)21-32(30)42(17-15-24-11-7-5-8-12-24)34(40)23-35-41(4-2)31-20-27(37)29(39)22-33(31)43(35)18-16-25-13-9-6-10-14-25/h5-14,19-23H,3-4,15-18H2,1-2H3/q+1. The number of imidazole rings is 1. The highest BCUT2D eigenvalue weighted by molar-refractivity contribution is 6.43. The molecule has 220 valence electrons. The van der Waals surface area contributed by atoms with Gasteiger partial charge in [0, 0.05) is 31.6 Å². The van der Waals surface area contributed by atoms with Gasteiger partial charge < -0.3 is 9.80 Å². The van der Waals surface area contributed by atoms with Crippen LogP contribution in [0.4, 0.5) is 11.4 Å². The van der Waals surface area contributed by atoms with Crippen LogP contribution in [0.3, 0.4) is 0 Å². The van der Waals surface area contributed by atoms with E-state index >= 15 is 0 Å². The van der Waals surface area contributed by atoms with Gasteiger partial charge in [-0.3, -0.25) is 0 Å². The molecule has 0 atom stereocenters. The van der Waals surface area contributed by atoms with Crippen LogP contribution in [0.15, 0.2) is 90.8 Å². The first-order valence-electron chi connectivity index (χ1n) is 14.6. The second-order valence-electron chi connectivity index (χ2n) is 10.6. The fraction of sp³-hybridized carbons (Fsp3) is 0.229. The lowest BCUT2D eigenvalue weighted by atomic mass is 10.1. The number of anilines is 2. The molecule has 0 bridgehead atoms. The van der Waals surface area contributed by atoms with Crippen molar-refractivity contribution in [1.29, 1.82) is 0 Å². The first kappa shape index (κ1) is 29.9. The van der Waals surface area contributed by atoms with E-state index in [1.807, 2.05) is 24.3 Å². The van der Waals surface area contributed by atoms with E-state index in [2.05, 4.69) is 99.5 Å². The first-order valence-corrected chi connectivity index (χ1v) is 16.2. The summed E-state index contributed by atoms with van der Waals surface area (Å²) in [6.07, 6.45) is 4.06. The van der Waals surface area contributed by atoms with Gasteiger partial charge in [-0.2, -0.15) is 0 Å². The quantitative estimate of drug-likeness (QED) is 0.148. The van der Waals surface area contributed by atoms with Crippen LogP contribution in [0.25, 0.3) is 17.1 Å². The fourth-order valence-corrected chi connectivity index (χ4v) is 6.67. The molecule has 0 N–H and O–H groups in total. The van der Waals surface area contributed by atoms with Gasteiger partial charge in [-0.15, -0.1) is 0 Å². The Morgan fingerprint density at radius 2 is 1.21 bits per heavy atom. The summed E-state index contributed by atoms with van der Waals surface area (Å²) in [6, 6.07) is 29.1. The van der Waals surface area contributed by atoms with E-state index in [4.69, 9.17) is 46.4 Å². The number of rotatable bonds is 9. The molecule has 1 aliphatic rings. The predicted octanol–water partition coefficient (Wildman–Crippen LogP) is 9.69. The van der Waals surface area contributed by atoms with Gasteiger partial charge in [0.25, 0.3) is 5.82 Å². The molecule has 6 rings (SSSR count). The SMILES string of the molecule is CCN1C(=Cc2n(CC)c3cc(Cl)c(Cl)cc3[n+]2CCc2ccccc2)N(CCc2ccccc2)c2cc(Cl)c(Cl)cc21. The van der Waals surface area contributed by atoms with Crippen molar-refractivity contribution in [2.75, 3.05) is 22.9 Å². The highest BCUT2D eigenvalue weighted by Crippen LogP contribution is 2.46. The number of halogens is 4. The molecule has 0 unspecified atom stereocenters. The third-order valence-electron chi connectivity index (χ3n) is 8.13. The summed E-state index contributed by atoms with van der Waals surface area (Å²) < 4.78 is 4.69. The van der Waals surface area contributed by atoms with E-state index < -0.39 is 0 Å². The maximum Gasteiger partial charge on any atom is 0.286 e. The average molecular weight is 651 g/mol. The Bertz CT molecular complexity index is 1800. The van der Waals surface area contributed by atoms with E-state index in [1.165, 1.54) is 11.1 Å². The third kappa shape index (κ3) is 5.86. The Morgan fingerprint density at radius 3 is 1.81 bits per heavy atom. The molecule has 8 heteroatoms. The zero-order valence-electron chi connectivity index (χ0n) is 24.2. The number of hydrogen-bond donors (Lipinski definition) is 0.